The molecule has 2 nitrogen and oxygen atoms in total. The minimum atomic E-state index is 0.894. The number of hydrogen-bond donors (Lipinski definition) is 1. The lowest BCUT2D eigenvalue weighted by Crippen LogP contribution is -2.03. The van der Waals surface area contributed by atoms with Gasteiger partial charge in [-0.3, -0.25) is 0 Å². The molecule has 0 bridgehead atoms. The van der Waals surface area contributed by atoms with Gasteiger partial charge in [-0.2, -0.15) is 0 Å². The molecule has 0 spiro atoms. The zero-order valence-electron chi connectivity index (χ0n) is 8.86. The van der Waals surface area contributed by atoms with Gasteiger partial charge in [-0.05, 0) is 31.0 Å². The first-order chi connectivity index (χ1) is 6.69. The lowest BCUT2D eigenvalue weighted by Gasteiger charge is -2.13. The Labute approximate surface area is 93.8 Å². The first-order valence-corrected chi connectivity index (χ1v) is 5.56. The molecule has 0 unspecified atom stereocenters. The fourth-order valence-electron chi connectivity index (χ4n) is 1.35. The van der Waals surface area contributed by atoms with E-state index in [0.717, 1.165) is 28.9 Å². The van der Waals surface area contributed by atoms with E-state index in [2.05, 4.69) is 41.2 Å². The second-order valence-electron chi connectivity index (χ2n) is 3.23. The van der Waals surface area contributed by atoms with Crippen LogP contribution in [0.15, 0.2) is 16.6 Å². The van der Waals surface area contributed by atoms with Crippen LogP contribution >= 0.6 is 15.9 Å². The molecule has 14 heavy (non-hydrogen) atoms. The van der Waals surface area contributed by atoms with Crippen molar-refractivity contribution in [2.75, 3.05) is 19.0 Å². The Morgan fingerprint density at radius 2 is 2.14 bits per heavy atom. The van der Waals surface area contributed by atoms with E-state index in [9.17, 15) is 0 Å². The van der Waals surface area contributed by atoms with Crippen molar-refractivity contribution in [2.45, 2.75) is 20.3 Å². The van der Waals surface area contributed by atoms with Gasteiger partial charge in [0.2, 0.25) is 0 Å². The molecule has 0 heterocycles. The van der Waals surface area contributed by atoms with Crippen LogP contribution in [0.3, 0.4) is 0 Å². The van der Waals surface area contributed by atoms with Crippen LogP contribution in [0.2, 0.25) is 0 Å². The SMILES string of the molecule is CCCNc1c(C)cc(Br)cc1OC. The fraction of sp³-hybridized carbons (Fsp3) is 0.455. The molecular formula is C11H16BrNO. The smallest absolute Gasteiger partial charge is 0.143 e. The molecule has 0 saturated carbocycles. The summed E-state index contributed by atoms with van der Waals surface area (Å²) in [6.45, 7) is 5.19. The minimum Gasteiger partial charge on any atom is -0.495 e. The predicted molar refractivity (Wildman–Crippen MR) is 64.2 cm³/mol. The summed E-state index contributed by atoms with van der Waals surface area (Å²) in [5.41, 5.74) is 2.29. The monoisotopic (exact) mass is 257 g/mol. The standard InChI is InChI=1S/C11H16BrNO/c1-4-5-13-11-8(2)6-9(12)7-10(11)14-3/h6-7,13H,4-5H2,1-3H3. The summed E-state index contributed by atoms with van der Waals surface area (Å²) in [5, 5.41) is 3.36. The van der Waals surface area contributed by atoms with Gasteiger partial charge in [0.15, 0.2) is 0 Å². The number of ether oxygens (including phenoxy) is 1. The van der Waals surface area contributed by atoms with Gasteiger partial charge >= 0.3 is 0 Å². The first-order valence-electron chi connectivity index (χ1n) is 4.77. The second-order valence-corrected chi connectivity index (χ2v) is 4.14. The van der Waals surface area contributed by atoms with Crippen LogP contribution in [0.4, 0.5) is 5.69 Å². The number of hydrogen-bond acceptors (Lipinski definition) is 2. The molecule has 0 radical (unpaired) electrons. The van der Waals surface area contributed by atoms with Crippen LogP contribution in [0.25, 0.3) is 0 Å². The molecule has 3 heteroatoms. The first kappa shape index (κ1) is 11.4. The highest BCUT2D eigenvalue weighted by molar-refractivity contribution is 9.10. The second kappa shape index (κ2) is 5.25. The van der Waals surface area contributed by atoms with Crippen molar-refractivity contribution in [3.63, 3.8) is 0 Å². The summed E-state index contributed by atoms with van der Waals surface area (Å²) < 4.78 is 6.36. The highest BCUT2D eigenvalue weighted by atomic mass is 79.9. The fourth-order valence-corrected chi connectivity index (χ4v) is 1.90. The zero-order valence-corrected chi connectivity index (χ0v) is 10.4. The maximum absolute atomic E-state index is 5.31. The van der Waals surface area contributed by atoms with Crippen LogP contribution in [-0.4, -0.2) is 13.7 Å². The van der Waals surface area contributed by atoms with Gasteiger partial charge in [0, 0.05) is 11.0 Å². The van der Waals surface area contributed by atoms with E-state index in [1.54, 1.807) is 7.11 Å². The highest BCUT2D eigenvalue weighted by Crippen LogP contribution is 2.31. The molecule has 1 rings (SSSR count). The molecule has 1 N–H and O–H groups in total. The minimum absolute atomic E-state index is 0.894. The maximum atomic E-state index is 5.31. The van der Waals surface area contributed by atoms with Crippen molar-refractivity contribution in [1.82, 2.24) is 0 Å². The molecule has 0 amide bonds. The van der Waals surface area contributed by atoms with Crippen molar-refractivity contribution in [3.8, 4) is 5.75 Å². The Hall–Kier alpha value is -0.700. The van der Waals surface area contributed by atoms with Crippen molar-refractivity contribution in [2.24, 2.45) is 0 Å². The highest BCUT2D eigenvalue weighted by Gasteiger charge is 2.06. The summed E-state index contributed by atoms with van der Waals surface area (Å²) in [4.78, 5) is 0. The number of nitrogens with one attached hydrogen (secondary N) is 1. The van der Waals surface area contributed by atoms with Gasteiger partial charge in [0.25, 0.3) is 0 Å². The van der Waals surface area contributed by atoms with Crippen LogP contribution in [0.1, 0.15) is 18.9 Å². The molecule has 0 aliphatic carbocycles. The molecule has 0 aromatic heterocycles. The molecule has 0 saturated heterocycles. The maximum Gasteiger partial charge on any atom is 0.143 e. The summed E-state index contributed by atoms with van der Waals surface area (Å²) in [5.74, 6) is 0.894. The molecule has 1 aromatic rings. The topological polar surface area (TPSA) is 21.3 Å². The van der Waals surface area contributed by atoms with E-state index in [1.807, 2.05) is 6.07 Å². The zero-order chi connectivity index (χ0) is 10.6. The molecule has 1 aromatic carbocycles. The summed E-state index contributed by atoms with van der Waals surface area (Å²) in [6.07, 6.45) is 1.11. The van der Waals surface area contributed by atoms with E-state index in [0.29, 0.717) is 0 Å². The van der Waals surface area contributed by atoms with E-state index >= 15 is 0 Å². The molecule has 0 aliphatic rings. The largest absolute Gasteiger partial charge is 0.495 e. The van der Waals surface area contributed by atoms with Gasteiger partial charge in [-0.15, -0.1) is 0 Å². The Morgan fingerprint density at radius 3 is 2.71 bits per heavy atom. The Bertz CT molecular complexity index is 312. The molecule has 0 fully saturated rings. The van der Waals surface area contributed by atoms with Crippen molar-refractivity contribution in [1.29, 1.82) is 0 Å². The number of aryl methyl sites for hydroxylation is 1. The van der Waals surface area contributed by atoms with Crippen molar-refractivity contribution < 1.29 is 4.74 Å². The van der Waals surface area contributed by atoms with Gasteiger partial charge < -0.3 is 10.1 Å². The average molecular weight is 258 g/mol. The van der Waals surface area contributed by atoms with Crippen LogP contribution in [0, 0.1) is 6.92 Å². The average Bonchev–Trinajstić information content (AvgIpc) is 2.15. The van der Waals surface area contributed by atoms with E-state index in [4.69, 9.17) is 4.74 Å². The third kappa shape index (κ3) is 2.64. The molecule has 78 valence electrons. The number of methoxy groups -OCH3 is 1. The third-order valence-corrected chi connectivity index (χ3v) is 2.49. The van der Waals surface area contributed by atoms with E-state index < -0.39 is 0 Å². The molecule has 0 atom stereocenters. The van der Waals surface area contributed by atoms with Gasteiger partial charge in [-0.25, -0.2) is 0 Å². The van der Waals surface area contributed by atoms with Crippen LogP contribution < -0.4 is 10.1 Å². The summed E-state index contributed by atoms with van der Waals surface area (Å²) >= 11 is 3.45. The quantitative estimate of drug-likeness (QED) is 0.891. The molecular weight excluding hydrogens is 242 g/mol. The summed E-state index contributed by atoms with van der Waals surface area (Å²) in [6, 6.07) is 4.06. The molecule has 0 aliphatic heterocycles. The Kier molecular flexibility index (Phi) is 4.26. The number of benzene rings is 1. The van der Waals surface area contributed by atoms with Gasteiger partial charge in [0.1, 0.15) is 5.75 Å². The Morgan fingerprint density at radius 1 is 1.43 bits per heavy atom. The third-order valence-electron chi connectivity index (χ3n) is 2.04. The van der Waals surface area contributed by atoms with Crippen LogP contribution in [0.5, 0.6) is 5.75 Å². The lowest BCUT2D eigenvalue weighted by molar-refractivity contribution is 0.416. The predicted octanol–water partition coefficient (Wildman–Crippen LogP) is 3.59. The normalized spacial score (nSPS) is 10.0. The van der Waals surface area contributed by atoms with E-state index in [1.165, 1.54) is 5.56 Å². The lowest BCUT2D eigenvalue weighted by atomic mass is 10.2. The number of anilines is 1. The van der Waals surface area contributed by atoms with Crippen molar-refractivity contribution >= 4 is 21.6 Å². The number of halogens is 1. The Balaban J connectivity index is 2.99. The van der Waals surface area contributed by atoms with E-state index in [-0.39, 0.29) is 0 Å². The van der Waals surface area contributed by atoms with Crippen LogP contribution in [-0.2, 0) is 0 Å². The van der Waals surface area contributed by atoms with Gasteiger partial charge in [0.05, 0.1) is 12.8 Å². The van der Waals surface area contributed by atoms with Gasteiger partial charge in [-0.1, -0.05) is 22.9 Å². The summed E-state index contributed by atoms with van der Waals surface area (Å²) in [7, 11) is 1.69. The van der Waals surface area contributed by atoms with Crippen molar-refractivity contribution in [3.05, 3.63) is 22.2 Å². The number of rotatable bonds is 4.